The van der Waals surface area contributed by atoms with Gasteiger partial charge in [0.1, 0.15) is 0 Å². The van der Waals surface area contributed by atoms with Gasteiger partial charge in [0.15, 0.2) is 11.6 Å². The highest BCUT2D eigenvalue weighted by atomic mass is 32.2. The van der Waals surface area contributed by atoms with Crippen LogP contribution in [0.25, 0.3) is 0 Å². The van der Waals surface area contributed by atoms with Gasteiger partial charge in [0.25, 0.3) is 10.1 Å². The summed E-state index contributed by atoms with van der Waals surface area (Å²) in [5.74, 6) is 0.698. The predicted octanol–water partition coefficient (Wildman–Crippen LogP) is 2.63. The molecule has 6 nitrogen and oxygen atoms in total. The van der Waals surface area contributed by atoms with Crippen LogP contribution >= 0.6 is 0 Å². The Bertz CT molecular complexity index is 924. The monoisotopic (exact) mass is 436 g/mol. The molecule has 0 heterocycles. The van der Waals surface area contributed by atoms with Crippen LogP contribution < -0.4 is 0 Å². The van der Waals surface area contributed by atoms with Crippen molar-refractivity contribution in [3.05, 3.63) is 12.2 Å². The second kappa shape index (κ2) is 6.48. The van der Waals surface area contributed by atoms with Gasteiger partial charge in [0.05, 0.1) is 18.3 Å². The van der Waals surface area contributed by atoms with Crippen LogP contribution in [0.4, 0.5) is 0 Å². The Morgan fingerprint density at radius 2 is 1.90 bits per heavy atom. The standard InChI is InChI=1S/C23H32O6S/c1-12-13-5-6-23(20(12)24)18(9-13)22(2)15(10-28-3)7-14-8-16(14)19(22)17(21(23)25)11-29-30(4,26)27/h13-19H,1,5-11H2,2-4H3. The Morgan fingerprint density at radius 3 is 2.57 bits per heavy atom. The molecule has 9 unspecified atom stereocenters. The Labute approximate surface area is 178 Å². The molecule has 0 aromatic heterocycles. The van der Waals surface area contributed by atoms with E-state index in [2.05, 4.69) is 13.5 Å². The van der Waals surface area contributed by atoms with Crippen molar-refractivity contribution in [1.82, 2.24) is 0 Å². The largest absolute Gasteiger partial charge is 0.384 e. The zero-order valence-electron chi connectivity index (χ0n) is 18.1. The molecule has 166 valence electrons. The molecule has 6 aliphatic rings. The van der Waals surface area contributed by atoms with Gasteiger partial charge in [-0.1, -0.05) is 13.5 Å². The van der Waals surface area contributed by atoms with Crippen LogP contribution in [0, 0.1) is 52.3 Å². The number of hydrogen-bond donors (Lipinski definition) is 0. The quantitative estimate of drug-likeness (QED) is 0.374. The summed E-state index contributed by atoms with van der Waals surface area (Å²) in [7, 11) is -1.97. The van der Waals surface area contributed by atoms with E-state index in [1.165, 1.54) is 0 Å². The van der Waals surface area contributed by atoms with Crippen LogP contribution in [0.2, 0.25) is 0 Å². The lowest BCUT2D eigenvalue weighted by atomic mass is 9.35. The Kier molecular flexibility index (Phi) is 4.50. The van der Waals surface area contributed by atoms with Gasteiger partial charge in [-0.05, 0) is 78.6 Å². The van der Waals surface area contributed by atoms with Crippen LogP contribution in [-0.4, -0.2) is 46.6 Å². The van der Waals surface area contributed by atoms with Crippen molar-refractivity contribution < 1.29 is 26.9 Å². The molecule has 6 fully saturated rings. The molecule has 2 bridgehead atoms. The highest BCUT2D eigenvalue weighted by Gasteiger charge is 2.75. The molecule has 0 saturated heterocycles. The lowest BCUT2D eigenvalue weighted by molar-refractivity contribution is -0.199. The summed E-state index contributed by atoms with van der Waals surface area (Å²) in [5, 5.41) is 0. The van der Waals surface area contributed by atoms with Gasteiger partial charge >= 0.3 is 0 Å². The topological polar surface area (TPSA) is 86.7 Å². The van der Waals surface area contributed by atoms with Gasteiger partial charge in [0.2, 0.25) is 0 Å². The smallest absolute Gasteiger partial charge is 0.264 e. The maximum Gasteiger partial charge on any atom is 0.264 e. The van der Waals surface area contributed by atoms with Crippen LogP contribution in [0.15, 0.2) is 12.2 Å². The number of rotatable bonds is 5. The predicted molar refractivity (Wildman–Crippen MR) is 110 cm³/mol. The Hall–Kier alpha value is -1.05. The van der Waals surface area contributed by atoms with E-state index in [9.17, 15) is 18.0 Å². The van der Waals surface area contributed by atoms with E-state index in [1.54, 1.807) is 7.11 Å². The fraction of sp³-hybridized carbons (Fsp3) is 0.826. The second-order valence-electron chi connectivity index (χ2n) is 10.7. The highest BCUT2D eigenvalue weighted by molar-refractivity contribution is 7.85. The number of hydrogen-bond acceptors (Lipinski definition) is 6. The molecule has 30 heavy (non-hydrogen) atoms. The van der Waals surface area contributed by atoms with Gasteiger partial charge in [-0.25, -0.2) is 0 Å². The first kappa shape index (κ1) is 20.8. The molecule has 1 spiro atoms. The van der Waals surface area contributed by atoms with E-state index in [0.717, 1.165) is 31.9 Å². The number of fused-ring (bicyclic) bond motifs is 5. The SMILES string of the molecule is C=C1C(=O)C23CCC1CC2C1(C)C(COC)CC2CC2C1C(COS(C)(=O)=O)C3=O. The number of methoxy groups -OCH3 is 1. The van der Waals surface area contributed by atoms with Gasteiger partial charge in [-0.3, -0.25) is 13.8 Å². The molecular weight excluding hydrogens is 404 g/mol. The molecule has 6 saturated carbocycles. The van der Waals surface area contributed by atoms with Crippen LogP contribution in [0.5, 0.6) is 0 Å². The molecule has 0 amide bonds. The number of carbonyl (C=O) groups excluding carboxylic acids is 2. The van der Waals surface area contributed by atoms with Gasteiger partial charge in [-0.2, -0.15) is 8.42 Å². The number of allylic oxidation sites excluding steroid dienone is 1. The van der Waals surface area contributed by atoms with Gasteiger partial charge in [0, 0.05) is 19.6 Å². The summed E-state index contributed by atoms with van der Waals surface area (Å²) in [5.41, 5.74) is -0.711. The number of ketones is 2. The molecule has 6 aliphatic carbocycles. The molecule has 9 atom stereocenters. The van der Waals surface area contributed by atoms with E-state index in [0.29, 0.717) is 30.4 Å². The zero-order chi connectivity index (χ0) is 21.6. The average Bonchev–Trinajstić information content (AvgIpc) is 3.45. The zero-order valence-corrected chi connectivity index (χ0v) is 18.9. The molecule has 7 heteroatoms. The van der Waals surface area contributed by atoms with E-state index in [-0.39, 0.29) is 47.3 Å². The summed E-state index contributed by atoms with van der Waals surface area (Å²) in [6.07, 6.45) is 5.37. The van der Waals surface area contributed by atoms with Gasteiger partial charge in [-0.15, -0.1) is 0 Å². The molecule has 0 aromatic carbocycles. The van der Waals surface area contributed by atoms with E-state index in [4.69, 9.17) is 8.92 Å². The summed E-state index contributed by atoms with van der Waals surface area (Å²) in [6, 6.07) is 0. The third-order valence-corrected chi connectivity index (χ3v) is 10.2. The van der Waals surface area contributed by atoms with E-state index < -0.39 is 21.5 Å². The van der Waals surface area contributed by atoms with Crippen molar-refractivity contribution in [2.45, 2.75) is 39.0 Å². The minimum absolute atomic E-state index is 0.0181. The van der Waals surface area contributed by atoms with Crippen molar-refractivity contribution in [2.24, 2.45) is 52.3 Å². The van der Waals surface area contributed by atoms with Crippen molar-refractivity contribution in [1.29, 1.82) is 0 Å². The second-order valence-corrected chi connectivity index (χ2v) is 12.4. The minimum Gasteiger partial charge on any atom is -0.384 e. The first-order valence-corrected chi connectivity index (χ1v) is 13.0. The van der Waals surface area contributed by atoms with E-state index >= 15 is 0 Å². The van der Waals surface area contributed by atoms with E-state index in [1.807, 2.05) is 0 Å². The summed E-state index contributed by atoms with van der Waals surface area (Å²) in [4.78, 5) is 27.6. The maximum absolute atomic E-state index is 14.1. The average molecular weight is 437 g/mol. The number of ether oxygens (including phenoxy) is 1. The molecule has 0 radical (unpaired) electrons. The summed E-state index contributed by atoms with van der Waals surface area (Å²) in [6.45, 7) is 6.78. The van der Waals surface area contributed by atoms with Gasteiger partial charge < -0.3 is 4.74 Å². The van der Waals surface area contributed by atoms with Crippen LogP contribution in [0.1, 0.15) is 39.0 Å². The van der Waals surface area contributed by atoms with Crippen molar-refractivity contribution in [2.75, 3.05) is 26.6 Å². The third kappa shape index (κ3) is 2.58. The summed E-state index contributed by atoms with van der Waals surface area (Å²) >= 11 is 0. The molecule has 6 rings (SSSR count). The van der Waals surface area contributed by atoms with Crippen molar-refractivity contribution in [3.8, 4) is 0 Å². The molecule has 0 aromatic rings. The number of carbonyl (C=O) groups is 2. The minimum atomic E-state index is -3.68. The fourth-order valence-corrected chi connectivity index (χ4v) is 8.73. The molecule has 0 aliphatic heterocycles. The molecular formula is C23H32O6S. The van der Waals surface area contributed by atoms with Crippen molar-refractivity contribution >= 4 is 21.7 Å². The van der Waals surface area contributed by atoms with Crippen LogP contribution in [-0.2, 0) is 28.6 Å². The van der Waals surface area contributed by atoms with Crippen LogP contribution in [0.3, 0.4) is 0 Å². The number of Topliss-reactive ketones (excluding diaryl/α,β-unsaturated/α-hetero) is 2. The summed E-state index contributed by atoms with van der Waals surface area (Å²) < 4.78 is 34.5. The fourth-order valence-electron chi connectivity index (χ4n) is 8.33. The first-order chi connectivity index (χ1) is 14.1. The Morgan fingerprint density at radius 1 is 1.17 bits per heavy atom. The van der Waals surface area contributed by atoms with Crippen molar-refractivity contribution in [3.63, 3.8) is 0 Å². The lowest BCUT2D eigenvalue weighted by Crippen LogP contribution is -2.70. The third-order valence-electron chi connectivity index (χ3n) is 9.61. The lowest BCUT2D eigenvalue weighted by Gasteiger charge is -2.66. The normalized spacial score (nSPS) is 49.4. The maximum atomic E-state index is 14.1. The first-order valence-electron chi connectivity index (χ1n) is 11.2. The highest BCUT2D eigenvalue weighted by Crippen LogP contribution is 2.74. The molecule has 0 N–H and O–H groups in total. The Balaban J connectivity index is 1.65.